The quantitative estimate of drug-likeness (QED) is 0.694. The van der Waals surface area contributed by atoms with Crippen molar-refractivity contribution in [2.24, 2.45) is 0 Å². The normalized spacial score (nSPS) is 21.6. The Kier molecular flexibility index (Phi) is 3.87. The molecule has 0 bridgehead atoms. The fraction of sp³-hybridized carbons (Fsp3) is 0.250. The van der Waals surface area contributed by atoms with Crippen molar-refractivity contribution < 1.29 is 22.4 Å². The Morgan fingerprint density at radius 3 is 2.59 bits per heavy atom. The number of furan rings is 1. The van der Waals surface area contributed by atoms with Crippen LogP contribution in [0.3, 0.4) is 0 Å². The van der Waals surface area contributed by atoms with E-state index in [1.807, 2.05) is 0 Å². The predicted molar refractivity (Wildman–Crippen MR) is 95.9 cm³/mol. The maximum absolute atomic E-state index is 13.2. The second kappa shape index (κ2) is 6.33. The van der Waals surface area contributed by atoms with Crippen LogP contribution in [0.1, 0.15) is 41.9 Å². The van der Waals surface area contributed by atoms with Gasteiger partial charge >= 0.3 is 6.18 Å². The largest absolute Gasteiger partial charge is 0.469 e. The van der Waals surface area contributed by atoms with E-state index in [2.05, 4.69) is 15.4 Å². The first-order valence-electron chi connectivity index (χ1n) is 9.07. The summed E-state index contributed by atoms with van der Waals surface area (Å²) in [6.07, 6.45) is -2.49. The van der Waals surface area contributed by atoms with E-state index < -0.39 is 18.0 Å². The number of hydrogen-bond acceptors (Lipinski definition) is 5. The summed E-state index contributed by atoms with van der Waals surface area (Å²) >= 11 is 0. The summed E-state index contributed by atoms with van der Waals surface area (Å²) in [7, 11) is 0. The molecule has 2 aromatic heterocycles. The van der Waals surface area contributed by atoms with E-state index in [0.717, 1.165) is 4.68 Å². The van der Waals surface area contributed by atoms with Crippen molar-refractivity contribution in [2.75, 3.05) is 5.32 Å². The van der Waals surface area contributed by atoms with Crippen LogP contribution >= 0.6 is 0 Å². The Bertz CT molecular complexity index is 1100. The zero-order chi connectivity index (χ0) is 20.2. The van der Waals surface area contributed by atoms with E-state index in [0.29, 0.717) is 29.0 Å². The number of fused-ring (bicyclic) bond motifs is 1. The van der Waals surface area contributed by atoms with Gasteiger partial charge in [0.05, 0.1) is 6.26 Å². The summed E-state index contributed by atoms with van der Waals surface area (Å²) in [4.78, 5) is 16.8. The van der Waals surface area contributed by atoms with Gasteiger partial charge in [-0.15, -0.1) is 5.10 Å². The van der Waals surface area contributed by atoms with E-state index in [1.165, 1.54) is 6.26 Å². The van der Waals surface area contributed by atoms with E-state index in [9.17, 15) is 18.0 Å². The van der Waals surface area contributed by atoms with Crippen LogP contribution < -0.4 is 5.32 Å². The van der Waals surface area contributed by atoms with Gasteiger partial charge in [0.15, 0.2) is 5.78 Å². The third-order valence-corrected chi connectivity index (χ3v) is 5.23. The van der Waals surface area contributed by atoms with Crippen molar-refractivity contribution in [3.8, 4) is 0 Å². The smallest absolute Gasteiger partial charge is 0.453 e. The van der Waals surface area contributed by atoms with E-state index >= 15 is 0 Å². The number of hydrogen-bond donors (Lipinski definition) is 1. The van der Waals surface area contributed by atoms with Gasteiger partial charge in [-0.05, 0) is 24.1 Å². The zero-order valence-corrected chi connectivity index (χ0v) is 15.0. The number of alkyl halides is 3. The molecule has 9 heteroatoms. The Labute approximate surface area is 163 Å². The molecule has 6 nitrogen and oxygen atoms in total. The molecular weight excluding hydrogens is 385 g/mol. The van der Waals surface area contributed by atoms with Crippen LogP contribution in [-0.4, -0.2) is 20.5 Å². The minimum atomic E-state index is -4.69. The van der Waals surface area contributed by atoms with Crippen molar-refractivity contribution in [1.29, 1.82) is 0 Å². The highest BCUT2D eigenvalue weighted by molar-refractivity contribution is 6.00. The van der Waals surface area contributed by atoms with Gasteiger partial charge in [-0.3, -0.25) is 4.79 Å². The minimum Gasteiger partial charge on any atom is -0.469 e. The van der Waals surface area contributed by atoms with Crippen molar-refractivity contribution in [3.63, 3.8) is 0 Å². The predicted octanol–water partition coefficient (Wildman–Crippen LogP) is 4.31. The lowest BCUT2D eigenvalue weighted by atomic mass is 9.79. The molecule has 0 saturated heterocycles. The number of aromatic nitrogens is 3. The lowest BCUT2D eigenvalue weighted by Crippen LogP contribution is -2.33. The lowest BCUT2D eigenvalue weighted by molar-refractivity contribution is -0.145. The molecule has 0 spiro atoms. The summed E-state index contributed by atoms with van der Waals surface area (Å²) < 4.78 is 46.3. The average molecular weight is 400 g/mol. The first kappa shape index (κ1) is 17.7. The fourth-order valence-corrected chi connectivity index (χ4v) is 4.00. The topological polar surface area (TPSA) is 73.0 Å². The fourth-order valence-electron chi connectivity index (χ4n) is 4.00. The van der Waals surface area contributed by atoms with Crippen LogP contribution in [0.25, 0.3) is 0 Å². The molecule has 0 amide bonds. The molecule has 0 fully saturated rings. The number of rotatable bonds is 2. The molecule has 3 heterocycles. The first-order chi connectivity index (χ1) is 13.9. The number of nitrogens with one attached hydrogen (secondary N) is 1. The molecule has 1 aromatic carbocycles. The molecule has 2 aliphatic rings. The molecule has 148 valence electrons. The number of allylic oxidation sites excluding steroid dienone is 2. The molecule has 29 heavy (non-hydrogen) atoms. The molecule has 5 rings (SSSR count). The van der Waals surface area contributed by atoms with Gasteiger partial charge in [0.25, 0.3) is 5.82 Å². The third kappa shape index (κ3) is 2.93. The number of ketones is 1. The first-order valence-corrected chi connectivity index (χ1v) is 9.07. The summed E-state index contributed by atoms with van der Waals surface area (Å²) in [5.74, 6) is -0.931. The molecule has 1 N–H and O–H groups in total. The van der Waals surface area contributed by atoms with Crippen LogP contribution in [0.2, 0.25) is 0 Å². The van der Waals surface area contributed by atoms with Gasteiger partial charge in [-0.2, -0.15) is 18.2 Å². The van der Waals surface area contributed by atoms with Crippen LogP contribution in [0, 0.1) is 0 Å². The van der Waals surface area contributed by atoms with Gasteiger partial charge in [0, 0.05) is 23.6 Å². The summed E-state index contributed by atoms with van der Waals surface area (Å²) in [5.41, 5.74) is 1.65. The van der Waals surface area contributed by atoms with Crippen molar-refractivity contribution in [2.45, 2.75) is 31.0 Å². The Hall–Kier alpha value is -3.36. The Morgan fingerprint density at radius 1 is 1.10 bits per heavy atom. The van der Waals surface area contributed by atoms with Crippen LogP contribution in [0.4, 0.5) is 19.1 Å². The highest BCUT2D eigenvalue weighted by Gasteiger charge is 2.43. The van der Waals surface area contributed by atoms with Crippen LogP contribution in [0.15, 0.2) is 64.4 Å². The Morgan fingerprint density at radius 2 is 1.90 bits per heavy atom. The highest BCUT2D eigenvalue weighted by Crippen LogP contribution is 2.44. The van der Waals surface area contributed by atoms with E-state index in [-0.39, 0.29) is 24.1 Å². The summed E-state index contributed by atoms with van der Waals surface area (Å²) in [5, 5.41) is 6.61. The van der Waals surface area contributed by atoms with Crippen LogP contribution in [-0.2, 0) is 11.0 Å². The van der Waals surface area contributed by atoms with E-state index in [1.54, 1.807) is 42.5 Å². The summed E-state index contributed by atoms with van der Waals surface area (Å²) in [6.45, 7) is 0. The molecule has 0 radical (unpaired) electrons. The maximum atomic E-state index is 13.2. The lowest BCUT2D eigenvalue weighted by Gasteiger charge is -2.34. The minimum absolute atomic E-state index is 0.0298. The average Bonchev–Trinajstić information content (AvgIpc) is 3.36. The second-order valence-electron chi connectivity index (χ2n) is 7.08. The molecule has 0 saturated carbocycles. The monoisotopic (exact) mass is 400 g/mol. The third-order valence-electron chi connectivity index (χ3n) is 5.23. The number of carbonyl (C=O) groups excluding carboxylic acids is 1. The molecule has 1 aliphatic heterocycles. The molecule has 0 unspecified atom stereocenters. The van der Waals surface area contributed by atoms with Gasteiger partial charge in [0.1, 0.15) is 11.8 Å². The van der Waals surface area contributed by atoms with Crippen molar-refractivity contribution in [1.82, 2.24) is 14.8 Å². The summed E-state index contributed by atoms with van der Waals surface area (Å²) in [6, 6.07) is 11.7. The Balaban J connectivity index is 1.64. The van der Waals surface area contributed by atoms with Gasteiger partial charge in [-0.25, -0.2) is 4.68 Å². The van der Waals surface area contributed by atoms with Gasteiger partial charge < -0.3 is 9.73 Å². The molecular formula is C20H15F3N4O2. The molecule has 1 aliphatic carbocycles. The molecule has 3 aromatic rings. The van der Waals surface area contributed by atoms with Crippen molar-refractivity contribution in [3.05, 3.63) is 77.1 Å². The number of benzene rings is 1. The standard InChI is InChI=1S/C20H15F3N4O2/c21-20(22,23)18-25-19-24-13-9-12(15-7-4-8-29-15)10-14(28)16(13)17(27(19)26-18)11-5-2-1-3-6-11/h1-8,12,17H,9-10H2,(H,24,25,26)/t12-,17-/m0/s1. The zero-order valence-electron chi connectivity index (χ0n) is 15.0. The highest BCUT2D eigenvalue weighted by atomic mass is 19.4. The number of nitrogens with zero attached hydrogens (tertiary/aromatic N) is 3. The van der Waals surface area contributed by atoms with E-state index in [4.69, 9.17) is 4.42 Å². The number of halogens is 3. The van der Waals surface area contributed by atoms with Gasteiger partial charge in [0.2, 0.25) is 5.95 Å². The maximum Gasteiger partial charge on any atom is 0.453 e. The van der Waals surface area contributed by atoms with Gasteiger partial charge in [-0.1, -0.05) is 30.3 Å². The van der Waals surface area contributed by atoms with Crippen LogP contribution in [0.5, 0.6) is 0 Å². The number of Topliss-reactive ketones (excluding diaryl/α,β-unsaturated/α-hetero) is 1. The number of anilines is 1. The molecule has 2 atom stereocenters. The second-order valence-corrected chi connectivity index (χ2v) is 7.08. The SMILES string of the molecule is O=C1C[C@@H](c2ccco2)CC2=C1[C@H](c1ccccc1)n1nc(C(F)(F)F)nc1N2. The van der Waals surface area contributed by atoms with Crippen molar-refractivity contribution >= 4 is 11.7 Å². The number of carbonyl (C=O) groups is 1.